The first-order valence-electron chi connectivity index (χ1n) is 8.12. The molecule has 6 nitrogen and oxygen atoms in total. The number of rotatable bonds is 6. The van der Waals surface area contributed by atoms with Crippen molar-refractivity contribution < 1.29 is 23.7 Å². The maximum atomic E-state index is 12.2. The third-order valence-corrected chi connectivity index (χ3v) is 3.94. The van der Waals surface area contributed by atoms with Gasteiger partial charge in [-0.25, -0.2) is 0 Å². The molecule has 0 unspecified atom stereocenters. The Morgan fingerprint density at radius 2 is 1.80 bits per heavy atom. The number of carbonyl (C=O) groups excluding carboxylic acids is 1. The van der Waals surface area contributed by atoms with Crippen LogP contribution in [0.4, 0.5) is 5.69 Å². The molecule has 0 aliphatic carbocycles. The van der Waals surface area contributed by atoms with Crippen molar-refractivity contribution in [1.82, 2.24) is 0 Å². The Hall–Kier alpha value is -2.73. The van der Waals surface area contributed by atoms with Crippen molar-refractivity contribution in [3.8, 4) is 23.0 Å². The number of nitrogens with one attached hydrogen (secondary N) is 1. The molecule has 0 aromatic heterocycles. The van der Waals surface area contributed by atoms with Gasteiger partial charge in [0.1, 0.15) is 17.6 Å². The Morgan fingerprint density at radius 1 is 1.04 bits per heavy atom. The molecule has 0 bridgehead atoms. The lowest BCUT2D eigenvalue weighted by Crippen LogP contribution is -2.26. The summed E-state index contributed by atoms with van der Waals surface area (Å²) in [5.74, 6) is 2.33. The first-order chi connectivity index (χ1) is 12.2. The minimum atomic E-state index is -0.381. The average Bonchev–Trinajstić information content (AvgIpc) is 3.17. The first kappa shape index (κ1) is 17.1. The molecule has 25 heavy (non-hydrogen) atoms. The van der Waals surface area contributed by atoms with Crippen LogP contribution in [0.2, 0.25) is 0 Å². The Morgan fingerprint density at radius 3 is 2.44 bits per heavy atom. The molecule has 0 radical (unpaired) electrons. The molecule has 6 heteroatoms. The highest BCUT2D eigenvalue weighted by molar-refractivity contribution is 5.94. The van der Waals surface area contributed by atoms with Crippen LogP contribution in [-0.2, 0) is 9.53 Å². The number of ether oxygens (including phenoxy) is 4. The molecule has 1 aliphatic rings. The largest absolute Gasteiger partial charge is 0.497 e. The van der Waals surface area contributed by atoms with Crippen molar-refractivity contribution in [2.24, 2.45) is 0 Å². The van der Waals surface area contributed by atoms with E-state index in [-0.39, 0.29) is 12.0 Å². The highest BCUT2D eigenvalue weighted by Crippen LogP contribution is 2.34. The lowest BCUT2D eigenvalue weighted by Gasteiger charge is -2.14. The van der Waals surface area contributed by atoms with Crippen molar-refractivity contribution >= 4 is 11.6 Å². The molecule has 1 heterocycles. The van der Waals surface area contributed by atoms with Crippen LogP contribution in [0.3, 0.4) is 0 Å². The molecule has 0 spiro atoms. The lowest BCUT2D eigenvalue weighted by atomic mass is 10.2. The van der Waals surface area contributed by atoms with E-state index in [0.717, 1.165) is 18.6 Å². The number of hydrogen-bond donors (Lipinski definition) is 1. The van der Waals surface area contributed by atoms with Gasteiger partial charge in [0.25, 0.3) is 5.91 Å². The zero-order valence-electron chi connectivity index (χ0n) is 14.3. The Bertz CT molecular complexity index is 723. The van der Waals surface area contributed by atoms with Gasteiger partial charge in [0.2, 0.25) is 0 Å². The molecule has 1 fully saturated rings. The van der Waals surface area contributed by atoms with E-state index in [1.807, 2.05) is 12.1 Å². The second-order valence-corrected chi connectivity index (χ2v) is 5.63. The molecule has 1 N–H and O–H groups in total. The van der Waals surface area contributed by atoms with Gasteiger partial charge in [-0.15, -0.1) is 0 Å². The quantitative estimate of drug-likeness (QED) is 0.868. The van der Waals surface area contributed by atoms with Crippen molar-refractivity contribution in [1.29, 1.82) is 0 Å². The van der Waals surface area contributed by atoms with Gasteiger partial charge in [-0.2, -0.15) is 0 Å². The average molecular weight is 343 g/mol. The highest BCUT2D eigenvalue weighted by Gasteiger charge is 2.23. The molecule has 2 aromatic rings. The van der Waals surface area contributed by atoms with E-state index in [0.29, 0.717) is 29.5 Å². The van der Waals surface area contributed by atoms with Crippen LogP contribution in [0.15, 0.2) is 42.5 Å². The Kier molecular flexibility index (Phi) is 5.40. The van der Waals surface area contributed by atoms with E-state index < -0.39 is 0 Å². The normalized spacial score (nSPS) is 16.3. The molecule has 1 amide bonds. The SMILES string of the molecule is COc1ccc(Oc2cc(NC(=O)[C@H]3CCCO3)ccc2OC)cc1. The van der Waals surface area contributed by atoms with Gasteiger partial charge >= 0.3 is 0 Å². The molecule has 1 aliphatic heterocycles. The maximum absolute atomic E-state index is 12.2. The second-order valence-electron chi connectivity index (χ2n) is 5.63. The van der Waals surface area contributed by atoms with Crippen LogP contribution in [-0.4, -0.2) is 32.8 Å². The summed E-state index contributed by atoms with van der Waals surface area (Å²) in [5.41, 5.74) is 0.629. The molecule has 3 rings (SSSR count). The van der Waals surface area contributed by atoms with Gasteiger partial charge in [0, 0.05) is 18.4 Å². The summed E-state index contributed by atoms with van der Waals surface area (Å²) in [5, 5.41) is 2.86. The topological polar surface area (TPSA) is 66.0 Å². The van der Waals surface area contributed by atoms with Crippen molar-refractivity contribution in [3.63, 3.8) is 0 Å². The van der Waals surface area contributed by atoms with Crippen molar-refractivity contribution in [2.75, 3.05) is 26.1 Å². The Labute approximate surface area is 146 Å². The summed E-state index contributed by atoms with van der Waals surface area (Å²) >= 11 is 0. The standard InChI is InChI=1S/C19H21NO5/c1-22-14-6-8-15(9-7-14)25-18-12-13(5-10-16(18)23-2)20-19(21)17-4-3-11-24-17/h5-10,12,17H,3-4,11H2,1-2H3,(H,20,21)/t17-/m1/s1. The zero-order valence-corrected chi connectivity index (χ0v) is 14.3. The summed E-state index contributed by atoms with van der Waals surface area (Å²) in [6, 6.07) is 12.5. The minimum Gasteiger partial charge on any atom is -0.497 e. The zero-order chi connectivity index (χ0) is 17.6. The minimum absolute atomic E-state index is 0.141. The van der Waals surface area contributed by atoms with Crippen LogP contribution in [0.5, 0.6) is 23.0 Å². The summed E-state index contributed by atoms with van der Waals surface area (Å²) in [6.07, 6.45) is 1.28. The molecular weight excluding hydrogens is 322 g/mol. The summed E-state index contributed by atoms with van der Waals surface area (Å²) < 4.78 is 21.8. The smallest absolute Gasteiger partial charge is 0.253 e. The number of methoxy groups -OCH3 is 2. The third kappa shape index (κ3) is 4.22. The maximum Gasteiger partial charge on any atom is 0.253 e. The Balaban J connectivity index is 1.75. The fourth-order valence-electron chi connectivity index (χ4n) is 2.61. The van der Waals surface area contributed by atoms with Crippen LogP contribution >= 0.6 is 0 Å². The van der Waals surface area contributed by atoms with Gasteiger partial charge in [-0.1, -0.05) is 0 Å². The van der Waals surface area contributed by atoms with E-state index in [4.69, 9.17) is 18.9 Å². The predicted molar refractivity (Wildman–Crippen MR) is 93.7 cm³/mol. The van der Waals surface area contributed by atoms with Crippen molar-refractivity contribution in [3.05, 3.63) is 42.5 Å². The van der Waals surface area contributed by atoms with E-state index in [9.17, 15) is 4.79 Å². The molecule has 132 valence electrons. The van der Waals surface area contributed by atoms with Gasteiger partial charge in [-0.3, -0.25) is 4.79 Å². The highest BCUT2D eigenvalue weighted by atomic mass is 16.5. The fourth-order valence-corrected chi connectivity index (χ4v) is 2.61. The second kappa shape index (κ2) is 7.90. The predicted octanol–water partition coefficient (Wildman–Crippen LogP) is 3.61. The summed E-state index contributed by atoms with van der Waals surface area (Å²) in [7, 11) is 3.18. The van der Waals surface area contributed by atoms with Gasteiger partial charge in [-0.05, 0) is 49.2 Å². The fraction of sp³-hybridized carbons (Fsp3) is 0.316. The third-order valence-electron chi connectivity index (χ3n) is 3.94. The number of amides is 1. The van der Waals surface area contributed by atoms with E-state index in [1.54, 1.807) is 44.6 Å². The molecule has 0 saturated carbocycles. The summed E-state index contributed by atoms with van der Waals surface area (Å²) in [4.78, 5) is 12.2. The molecule has 1 saturated heterocycles. The number of carbonyl (C=O) groups is 1. The van der Waals surface area contributed by atoms with E-state index in [2.05, 4.69) is 5.32 Å². The first-order valence-corrected chi connectivity index (χ1v) is 8.12. The lowest BCUT2D eigenvalue weighted by molar-refractivity contribution is -0.124. The van der Waals surface area contributed by atoms with E-state index in [1.165, 1.54) is 0 Å². The van der Waals surface area contributed by atoms with Crippen LogP contribution in [0, 0.1) is 0 Å². The molecular formula is C19H21NO5. The number of benzene rings is 2. The van der Waals surface area contributed by atoms with Gasteiger partial charge in [0.15, 0.2) is 11.5 Å². The van der Waals surface area contributed by atoms with Crippen LogP contribution in [0.25, 0.3) is 0 Å². The van der Waals surface area contributed by atoms with Gasteiger partial charge < -0.3 is 24.3 Å². The molecule has 2 aromatic carbocycles. The molecule has 1 atom stereocenters. The van der Waals surface area contributed by atoms with E-state index >= 15 is 0 Å². The number of hydrogen-bond acceptors (Lipinski definition) is 5. The van der Waals surface area contributed by atoms with Crippen molar-refractivity contribution in [2.45, 2.75) is 18.9 Å². The van der Waals surface area contributed by atoms with Crippen LogP contribution < -0.4 is 19.5 Å². The van der Waals surface area contributed by atoms with Crippen LogP contribution in [0.1, 0.15) is 12.8 Å². The van der Waals surface area contributed by atoms with Gasteiger partial charge in [0.05, 0.1) is 14.2 Å². The monoisotopic (exact) mass is 343 g/mol. The number of anilines is 1. The summed E-state index contributed by atoms with van der Waals surface area (Å²) in [6.45, 7) is 0.631.